The second-order valence-corrected chi connectivity index (χ2v) is 1.97. The Morgan fingerprint density at radius 3 is 3.11 bits per heavy atom. The molecule has 0 spiro atoms. The highest BCUT2D eigenvalue weighted by Crippen LogP contribution is 1.86. The Morgan fingerprint density at radius 2 is 2.67 bits per heavy atom. The van der Waals surface area contributed by atoms with Gasteiger partial charge in [-0.05, 0) is 12.2 Å². The molecule has 0 aliphatic rings. The van der Waals surface area contributed by atoms with Gasteiger partial charge in [0.05, 0.1) is 6.54 Å². The summed E-state index contributed by atoms with van der Waals surface area (Å²) >= 11 is 4.80. The summed E-state index contributed by atoms with van der Waals surface area (Å²) in [6, 6.07) is 0. The zero-order valence-corrected chi connectivity index (χ0v) is 5.52. The molecular formula is C5H6N2OS. The first-order valence-electron chi connectivity index (χ1n) is 2.52. The Morgan fingerprint density at radius 1 is 1.89 bits per heavy atom. The van der Waals surface area contributed by atoms with E-state index in [9.17, 15) is 4.79 Å². The third kappa shape index (κ3) is 1.26. The summed E-state index contributed by atoms with van der Waals surface area (Å²) in [7, 11) is 0. The number of H-pyrrole nitrogens is 1. The number of aromatic amines is 1. The van der Waals surface area contributed by atoms with Crippen LogP contribution in [-0.2, 0) is 11.3 Å². The van der Waals surface area contributed by atoms with Crippen LogP contribution in [0.3, 0.4) is 0 Å². The number of carbonyl (C=O) groups excluding carboxylic acids is 1. The maximum absolute atomic E-state index is 9.94. The molecule has 0 fully saturated rings. The molecular weight excluding hydrogens is 136 g/mol. The van der Waals surface area contributed by atoms with Gasteiger partial charge in [0.25, 0.3) is 0 Å². The smallest absolute Gasteiger partial charge is 0.177 e. The first kappa shape index (κ1) is 6.22. The third-order valence-electron chi connectivity index (χ3n) is 0.993. The number of aromatic nitrogens is 2. The summed E-state index contributed by atoms with van der Waals surface area (Å²) in [6.07, 6.45) is 4.24. The van der Waals surface area contributed by atoms with Gasteiger partial charge in [0.15, 0.2) is 4.77 Å². The SMILES string of the molecule is O=CCn1cc[nH]c1=S. The van der Waals surface area contributed by atoms with Gasteiger partial charge in [0, 0.05) is 12.4 Å². The van der Waals surface area contributed by atoms with E-state index in [0.29, 0.717) is 11.3 Å². The van der Waals surface area contributed by atoms with Crippen molar-refractivity contribution in [1.82, 2.24) is 9.55 Å². The van der Waals surface area contributed by atoms with Crippen LogP contribution in [-0.4, -0.2) is 15.8 Å². The predicted octanol–water partition coefficient (Wildman–Crippen LogP) is 0.745. The number of imidazole rings is 1. The molecule has 1 heterocycles. The van der Waals surface area contributed by atoms with E-state index in [4.69, 9.17) is 12.2 Å². The molecule has 1 rings (SSSR count). The van der Waals surface area contributed by atoms with E-state index in [2.05, 4.69) is 4.98 Å². The lowest BCUT2D eigenvalue weighted by molar-refractivity contribution is -0.108. The molecule has 1 aromatic heterocycles. The molecule has 0 aromatic carbocycles. The number of nitrogens with zero attached hydrogens (tertiary/aromatic N) is 1. The molecule has 0 saturated carbocycles. The Balaban J connectivity index is 2.93. The molecule has 0 radical (unpaired) electrons. The molecule has 48 valence electrons. The van der Waals surface area contributed by atoms with Crippen molar-refractivity contribution in [2.24, 2.45) is 0 Å². The van der Waals surface area contributed by atoms with Crippen molar-refractivity contribution in [2.45, 2.75) is 6.54 Å². The number of hydrogen-bond acceptors (Lipinski definition) is 2. The number of carbonyl (C=O) groups is 1. The van der Waals surface area contributed by atoms with Crippen molar-refractivity contribution in [2.75, 3.05) is 0 Å². The van der Waals surface area contributed by atoms with E-state index < -0.39 is 0 Å². The van der Waals surface area contributed by atoms with E-state index in [-0.39, 0.29) is 0 Å². The zero-order chi connectivity index (χ0) is 6.69. The fraction of sp³-hybridized carbons (Fsp3) is 0.200. The minimum absolute atomic E-state index is 0.336. The van der Waals surface area contributed by atoms with E-state index >= 15 is 0 Å². The van der Waals surface area contributed by atoms with E-state index in [1.165, 1.54) is 0 Å². The van der Waals surface area contributed by atoms with Crippen LogP contribution >= 0.6 is 12.2 Å². The van der Waals surface area contributed by atoms with Crippen molar-refractivity contribution >= 4 is 18.5 Å². The summed E-state index contributed by atoms with van der Waals surface area (Å²) in [5.74, 6) is 0. The second kappa shape index (κ2) is 2.59. The van der Waals surface area contributed by atoms with Crippen molar-refractivity contribution in [3.05, 3.63) is 17.2 Å². The molecule has 4 heteroatoms. The normalized spacial score (nSPS) is 9.33. The standard InChI is InChI=1S/C5H6N2OS/c8-4-3-7-2-1-6-5(7)9/h1-2,4H,3H2,(H,6,9). The summed E-state index contributed by atoms with van der Waals surface area (Å²) in [5.41, 5.74) is 0. The van der Waals surface area contributed by atoms with Crippen molar-refractivity contribution in [3.8, 4) is 0 Å². The quantitative estimate of drug-likeness (QED) is 0.488. The maximum Gasteiger partial charge on any atom is 0.177 e. The number of rotatable bonds is 2. The summed E-state index contributed by atoms with van der Waals surface area (Å²) in [4.78, 5) is 12.7. The van der Waals surface area contributed by atoms with Gasteiger partial charge in [0.1, 0.15) is 6.29 Å². The highest BCUT2D eigenvalue weighted by atomic mass is 32.1. The van der Waals surface area contributed by atoms with Crippen LogP contribution in [0.1, 0.15) is 0 Å². The average molecular weight is 142 g/mol. The largest absolute Gasteiger partial charge is 0.337 e. The summed E-state index contributed by atoms with van der Waals surface area (Å²) in [6.45, 7) is 0.336. The molecule has 3 nitrogen and oxygen atoms in total. The molecule has 0 aliphatic heterocycles. The number of aldehydes is 1. The Hall–Kier alpha value is -0.900. The van der Waals surface area contributed by atoms with Crippen LogP contribution < -0.4 is 0 Å². The summed E-state index contributed by atoms with van der Waals surface area (Å²) < 4.78 is 2.24. The third-order valence-corrected chi connectivity index (χ3v) is 1.35. The van der Waals surface area contributed by atoms with Gasteiger partial charge in [-0.1, -0.05) is 0 Å². The van der Waals surface area contributed by atoms with Crippen LogP contribution in [0.15, 0.2) is 12.4 Å². The molecule has 0 bridgehead atoms. The molecule has 9 heavy (non-hydrogen) atoms. The molecule has 0 unspecified atom stereocenters. The van der Waals surface area contributed by atoms with Gasteiger partial charge in [-0.3, -0.25) is 0 Å². The van der Waals surface area contributed by atoms with E-state index in [1.807, 2.05) is 0 Å². The van der Waals surface area contributed by atoms with Crippen LogP contribution in [0.4, 0.5) is 0 Å². The number of hydrogen-bond donors (Lipinski definition) is 1. The van der Waals surface area contributed by atoms with Gasteiger partial charge in [0.2, 0.25) is 0 Å². The van der Waals surface area contributed by atoms with Crippen molar-refractivity contribution in [1.29, 1.82) is 0 Å². The van der Waals surface area contributed by atoms with Crippen molar-refractivity contribution in [3.63, 3.8) is 0 Å². The topological polar surface area (TPSA) is 37.8 Å². The fourth-order valence-corrected chi connectivity index (χ4v) is 0.777. The predicted molar refractivity (Wildman–Crippen MR) is 35.7 cm³/mol. The number of nitrogens with one attached hydrogen (secondary N) is 1. The van der Waals surface area contributed by atoms with Gasteiger partial charge in [-0.15, -0.1) is 0 Å². The summed E-state index contributed by atoms with van der Waals surface area (Å²) in [5, 5.41) is 0. The lowest BCUT2D eigenvalue weighted by Crippen LogP contribution is -1.95. The molecule has 0 atom stereocenters. The van der Waals surface area contributed by atoms with Crippen LogP contribution in [0.25, 0.3) is 0 Å². The first-order chi connectivity index (χ1) is 4.34. The Labute approximate surface area is 57.3 Å². The Bertz CT molecular complexity index is 249. The molecule has 1 aromatic rings. The van der Waals surface area contributed by atoms with Gasteiger partial charge in [-0.2, -0.15) is 0 Å². The fourth-order valence-electron chi connectivity index (χ4n) is 0.573. The van der Waals surface area contributed by atoms with E-state index in [0.717, 1.165) is 6.29 Å². The minimum atomic E-state index is 0.336. The van der Waals surface area contributed by atoms with Crippen LogP contribution in [0.5, 0.6) is 0 Å². The maximum atomic E-state index is 9.94. The average Bonchev–Trinajstić information content (AvgIpc) is 2.18. The lowest BCUT2D eigenvalue weighted by atomic mass is 10.7. The van der Waals surface area contributed by atoms with E-state index in [1.54, 1.807) is 17.0 Å². The van der Waals surface area contributed by atoms with Crippen LogP contribution in [0.2, 0.25) is 0 Å². The van der Waals surface area contributed by atoms with Crippen molar-refractivity contribution < 1.29 is 4.79 Å². The highest BCUT2D eigenvalue weighted by molar-refractivity contribution is 7.71. The van der Waals surface area contributed by atoms with Crippen LogP contribution in [0, 0.1) is 4.77 Å². The van der Waals surface area contributed by atoms with Gasteiger partial charge >= 0.3 is 0 Å². The molecule has 0 saturated heterocycles. The molecule has 0 aliphatic carbocycles. The van der Waals surface area contributed by atoms with Gasteiger partial charge in [-0.25, -0.2) is 0 Å². The second-order valence-electron chi connectivity index (χ2n) is 1.58. The minimum Gasteiger partial charge on any atom is -0.337 e. The molecule has 0 amide bonds. The zero-order valence-electron chi connectivity index (χ0n) is 4.70. The first-order valence-corrected chi connectivity index (χ1v) is 2.93. The Kier molecular flexibility index (Phi) is 1.79. The van der Waals surface area contributed by atoms with Gasteiger partial charge < -0.3 is 14.3 Å². The monoisotopic (exact) mass is 142 g/mol. The highest BCUT2D eigenvalue weighted by Gasteiger charge is 1.86. The lowest BCUT2D eigenvalue weighted by Gasteiger charge is -1.89. The molecule has 1 N–H and O–H groups in total.